The van der Waals surface area contributed by atoms with Crippen molar-refractivity contribution in [1.29, 1.82) is 0 Å². The SMILES string of the molecule is CC(C)(c1ccc(OCC(O)CSCC(O)CO)cc1)c1ccc(OCC(O)CSCC(O)CO)cc1. The molecule has 0 amide bonds. The second kappa shape index (κ2) is 16.5. The molecule has 2 aromatic rings. The van der Waals surface area contributed by atoms with E-state index in [0.29, 0.717) is 34.5 Å². The third-order valence-electron chi connectivity index (χ3n) is 5.70. The number of ether oxygens (including phenoxy) is 2. The van der Waals surface area contributed by atoms with Gasteiger partial charge < -0.3 is 40.1 Å². The summed E-state index contributed by atoms with van der Waals surface area (Å²) >= 11 is 2.73. The Morgan fingerprint density at radius 1 is 0.595 bits per heavy atom. The lowest BCUT2D eigenvalue weighted by Gasteiger charge is -2.26. The van der Waals surface area contributed by atoms with Crippen molar-refractivity contribution >= 4 is 23.5 Å². The van der Waals surface area contributed by atoms with Gasteiger partial charge in [-0.3, -0.25) is 0 Å². The van der Waals surface area contributed by atoms with Gasteiger partial charge in [-0.05, 0) is 35.4 Å². The third-order valence-corrected chi connectivity index (χ3v) is 8.18. The first kappa shape index (κ1) is 31.7. The van der Waals surface area contributed by atoms with Crippen molar-refractivity contribution < 1.29 is 40.1 Å². The van der Waals surface area contributed by atoms with Crippen LogP contribution in [-0.4, -0.2) is 104 Å². The molecule has 0 radical (unpaired) electrons. The summed E-state index contributed by atoms with van der Waals surface area (Å²) in [5.41, 5.74) is 1.92. The van der Waals surface area contributed by atoms with E-state index in [4.69, 9.17) is 19.7 Å². The molecule has 0 heterocycles. The summed E-state index contributed by atoms with van der Waals surface area (Å²) in [4.78, 5) is 0. The maximum absolute atomic E-state index is 10.1. The molecule has 0 bridgehead atoms. The predicted octanol–water partition coefficient (Wildman–Crippen LogP) is 1.66. The summed E-state index contributed by atoms with van der Waals surface area (Å²) in [6.07, 6.45) is -2.90. The number of rotatable bonds is 18. The second-order valence-electron chi connectivity index (χ2n) is 9.35. The topological polar surface area (TPSA) is 140 Å². The molecule has 8 nitrogen and oxygen atoms in total. The Bertz CT molecular complexity index is 807. The van der Waals surface area contributed by atoms with Crippen molar-refractivity contribution in [2.45, 2.75) is 43.7 Å². The van der Waals surface area contributed by atoms with Crippen LogP contribution in [0.3, 0.4) is 0 Å². The molecule has 0 aromatic heterocycles. The Morgan fingerprint density at radius 3 is 1.24 bits per heavy atom. The fourth-order valence-corrected chi connectivity index (χ4v) is 5.13. The standard InChI is InChI=1S/C27H40O8S2/c1-27(2,19-3-7-25(8-4-19)34-13-23(32)17-36-15-21(30)11-28)20-5-9-26(10-6-20)35-14-24(33)18-37-16-22(31)12-29/h3-10,21-24,28-33H,11-18H2,1-2H3. The van der Waals surface area contributed by atoms with Crippen molar-refractivity contribution in [2.75, 3.05) is 49.4 Å². The molecule has 2 aromatic carbocycles. The number of thioether (sulfide) groups is 2. The van der Waals surface area contributed by atoms with Crippen molar-refractivity contribution in [3.8, 4) is 11.5 Å². The van der Waals surface area contributed by atoms with E-state index < -0.39 is 24.4 Å². The molecule has 37 heavy (non-hydrogen) atoms. The minimum absolute atomic E-state index is 0.143. The van der Waals surface area contributed by atoms with E-state index in [0.717, 1.165) is 11.1 Å². The van der Waals surface area contributed by atoms with Crippen LogP contribution >= 0.6 is 23.5 Å². The number of aliphatic hydroxyl groups is 6. The molecule has 10 heteroatoms. The van der Waals surface area contributed by atoms with E-state index in [9.17, 15) is 20.4 Å². The van der Waals surface area contributed by atoms with Crippen molar-refractivity contribution in [3.63, 3.8) is 0 Å². The van der Waals surface area contributed by atoms with Gasteiger partial charge in [0.1, 0.15) is 24.7 Å². The lowest BCUT2D eigenvalue weighted by molar-refractivity contribution is 0.112. The molecule has 208 valence electrons. The van der Waals surface area contributed by atoms with Gasteiger partial charge in [-0.2, -0.15) is 23.5 Å². The summed E-state index contributed by atoms with van der Waals surface area (Å²) < 4.78 is 11.4. The highest BCUT2D eigenvalue weighted by atomic mass is 32.2. The second-order valence-corrected chi connectivity index (χ2v) is 11.5. The van der Waals surface area contributed by atoms with Crippen LogP contribution in [0, 0.1) is 0 Å². The first-order valence-corrected chi connectivity index (χ1v) is 14.5. The largest absolute Gasteiger partial charge is 0.491 e. The molecule has 4 atom stereocenters. The van der Waals surface area contributed by atoms with Crippen LogP contribution in [0.4, 0.5) is 0 Å². The number of hydrogen-bond donors (Lipinski definition) is 6. The van der Waals surface area contributed by atoms with Crippen LogP contribution < -0.4 is 9.47 Å². The smallest absolute Gasteiger partial charge is 0.119 e. The summed E-state index contributed by atoms with van der Waals surface area (Å²) in [5.74, 6) is 2.87. The highest BCUT2D eigenvalue weighted by Crippen LogP contribution is 2.33. The Labute approximate surface area is 227 Å². The first-order chi connectivity index (χ1) is 17.6. The summed E-state index contributed by atoms with van der Waals surface area (Å²) in [5, 5.41) is 56.4. The van der Waals surface area contributed by atoms with E-state index in [2.05, 4.69) is 13.8 Å². The average molecular weight is 557 g/mol. The molecule has 0 spiro atoms. The number of hydrogen-bond acceptors (Lipinski definition) is 10. The lowest BCUT2D eigenvalue weighted by atomic mass is 9.78. The minimum atomic E-state index is -0.778. The molecule has 0 aliphatic rings. The number of aliphatic hydroxyl groups excluding tert-OH is 6. The van der Waals surface area contributed by atoms with Crippen LogP contribution in [-0.2, 0) is 5.41 Å². The molecule has 0 aliphatic heterocycles. The molecule has 2 rings (SSSR count). The van der Waals surface area contributed by atoms with Gasteiger partial charge in [-0.25, -0.2) is 0 Å². The van der Waals surface area contributed by atoms with Crippen molar-refractivity contribution in [3.05, 3.63) is 59.7 Å². The monoisotopic (exact) mass is 556 g/mol. The molecule has 4 unspecified atom stereocenters. The van der Waals surface area contributed by atoms with Gasteiger partial charge in [0.05, 0.1) is 37.6 Å². The van der Waals surface area contributed by atoms with Crippen LogP contribution in [0.5, 0.6) is 11.5 Å². The van der Waals surface area contributed by atoms with Gasteiger partial charge in [-0.1, -0.05) is 38.1 Å². The summed E-state index contributed by atoms with van der Waals surface area (Å²) in [7, 11) is 0. The fourth-order valence-electron chi connectivity index (χ4n) is 3.37. The highest BCUT2D eigenvalue weighted by molar-refractivity contribution is 7.99. The van der Waals surface area contributed by atoms with Crippen LogP contribution in [0.1, 0.15) is 25.0 Å². The maximum atomic E-state index is 10.1. The first-order valence-electron chi connectivity index (χ1n) is 12.2. The van der Waals surface area contributed by atoms with Gasteiger partial charge in [0.25, 0.3) is 0 Å². The average Bonchev–Trinajstić information content (AvgIpc) is 2.90. The zero-order valence-corrected chi connectivity index (χ0v) is 23.0. The molecular weight excluding hydrogens is 516 g/mol. The van der Waals surface area contributed by atoms with E-state index in [1.165, 1.54) is 23.5 Å². The predicted molar refractivity (Wildman–Crippen MR) is 149 cm³/mol. The van der Waals surface area contributed by atoms with E-state index in [1.54, 1.807) is 0 Å². The highest BCUT2D eigenvalue weighted by Gasteiger charge is 2.23. The normalized spacial score (nSPS) is 15.1. The van der Waals surface area contributed by atoms with Gasteiger partial charge in [-0.15, -0.1) is 0 Å². The Balaban J connectivity index is 1.82. The lowest BCUT2D eigenvalue weighted by Crippen LogP contribution is -2.23. The molecule has 0 saturated heterocycles. The summed E-state index contributed by atoms with van der Waals surface area (Å²) in [6.45, 7) is 3.97. The Morgan fingerprint density at radius 2 is 0.919 bits per heavy atom. The number of benzene rings is 2. The van der Waals surface area contributed by atoms with E-state index in [-0.39, 0.29) is 31.8 Å². The van der Waals surface area contributed by atoms with Crippen LogP contribution in [0.25, 0.3) is 0 Å². The Hall–Kier alpha value is -1.50. The van der Waals surface area contributed by atoms with Crippen LogP contribution in [0.2, 0.25) is 0 Å². The maximum Gasteiger partial charge on any atom is 0.119 e. The van der Waals surface area contributed by atoms with E-state index >= 15 is 0 Å². The van der Waals surface area contributed by atoms with Gasteiger partial charge in [0.2, 0.25) is 0 Å². The summed E-state index contributed by atoms with van der Waals surface area (Å²) in [6, 6.07) is 15.5. The zero-order valence-electron chi connectivity index (χ0n) is 21.4. The minimum Gasteiger partial charge on any atom is -0.491 e. The Kier molecular flexibility index (Phi) is 14.1. The van der Waals surface area contributed by atoms with Gasteiger partial charge in [0.15, 0.2) is 0 Å². The zero-order chi connectivity index (χ0) is 27.3. The van der Waals surface area contributed by atoms with Gasteiger partial charge in [0, 0.05) is 28.4 Å². The molecule has 0 aliphatic carbocycles. The molecular formula is C27H40O8S2. The van der Waals surface area contributed by atoms with Crippen LogP contribution in [0.15, 0.2) is 48.5 Å². The molecule has 0 saturated carbocycles. The van der Waals surface area contributed by atoms with E-state index in [1.807, 2.05) is 48.5 Å². The van der Waals surface area contributed by atoms with Gasteiger partial charge >= 0.3 is 0 Å². The molecule has 6 N–H and O–H groups in total. The quantitative estimate of drug-likeness (QED) is 0.161. The van der Waals surface area contributed by atoms with Crippen molar-refractivity contribution in [2.24, 2.45) is 0 Å². The molecule has 0 fully saturated rings. The third kappa shape index (κ3) is 11.4. The fraction of sp³-hybridized carbons (Fsp3) is 0.556. The van der Waals surface area contributed by atoms with Crippen molar-refractivity contribution in [1.82, 2.24) is 0 Å².